The van der Waals surface area contributed by atoms with Crippen molar-refractivity contribution in [2.75, 3.05) is 26.1 Å². The molecule has 204 valence electrons. The number of halogens is 2. The highest BCUT2D eigenvalue weighted by Gasteiger charge is 2.41. The molecule has 0 aliphatic carbocycles. The van der Waals surface area contributed by atoms with E-state index in [1.807, 2.05) is 0 Å². The van der Waals surface area contributed by atoms with Crippen molar-refractivity contribution in [3.8, 4) is 17.6 Å². The third-order valence-corrected chi connectivity index (χ3v) is 9.22. The zero-order chi connectivity index (χ0) is 28.3. The minimum atomic E-state index is -4.08. The van der Waals surface area contributed by atoms with Crippen LogP contribution >= 0.6 is 23.2 Å². The third kappa shape index (κ3) is 5.85. The van der Waals surface area contributed by atoms with Crippen molar-refractivity contribution in [2.45, 2.75) is 36.6 Å². The van der Waals surface area contributed by atoms with Crippen LogP contribution in [-0.2, 0) is 14.8 Å². The minimum Gasteiger partial charge on any atom is -0.497 e. The van der Waals surface area contributed by atoms with Gasteiger partial charge >= 0.3 is 0 Å². The first kappa shape index (κ1) is 28.7. The summed E-state index contributed by atoms with van der Waals surface area (Å²) in [4.78, 5) is 13.3. The summed E-state index contributed by atoms with van der Waals surface area (Å²) in [5.41, 5.74) is 2.44. The first-order valence-electron chi connectivity index (χ1n) is 12.1. The molecule has 39 heavy (non-hydrogen) atoms. The topological polar surface area (TPSA) is 109 Å². The SMILES string of the molecule is COc1ccc(OC)c(S(=O)(=O)N2CCC[C@@H]2C(=O)Nc2cc(Cl)c([C@@H](C#N)c3ccc(Cl)cc3)cc2C)c1. The second kappa shape index (κ2) is 11.8. The Kier molecular flexibility index (Phi) is 8.72. The second-order valence-electron chi connectivity index (χ2n) is 9.08. The highest BCUT2D eigenvalue weighted by Crippen LogP contribution is 2.36. The molecule has 1 amide bonds. The van der Waals surface area contributed by atoms with Gasteiger partial charge in [0, 0.05) is 28.3 Å². The Hall–Kier alpha value is -3.29. The van der Waals surface area contributed by atoms with E-state index in [9.17, 15) is 18.5 Å². The molecule has 0 aromatic heterocycles. The molecular weight excluding hydrogens is 561 g/mol. The highest BCUT2D eigenvalue weighted by atomic mass is 35.5. The smallest absolute Gasteiger partial charge is 0.247 e. The maximum absolute atomic E-state index is 13.6. The lowest BCUT2D eigenvalue weighted by Gasteiger charge is -2.25. The van der Waals surface area contributed by atoms with Crippen LogP contribution in [-0.4, -0.2) is 45.4 Å². The van der Waals surface area contributed by atoms with E-state index in [2.05, 4.69) is 11.4 Å². The van der Waals surface area contributed by atoms with Crippen molar-refractivity contribution in [1.82, 2.24) is 4.31 Å². The number of benzene rings is 3. The quantitative estimate of drug-likeness (QED) is 0.358. The monoisotopic (exact) mass is 587 g/mol. The summed E-state index contributed by atoms with van der Waals surface area (Å²) in [6, 6.07) is 16.1. The molecule has 1 aliphatic rings. The van der Waals surface area contributed by atoms with Crippen molar-refractivity contribution in [3.05, 3.63) is 81.3 Å². The number of aryl methyl sites for hydroxylation is 1. The maximum atomic E-state index is 13.6. The fourth-order valence-corrected chi connectivity index (χ4v) is 6.88. The Morgan fingerprint density at radius 3 is 2.46 bits per heavy atom. The number of rotatable bonds is 8. The van der Waals surface area contributed by atoms with Gasteiger partial charge in [-0.25, -0.2) is 8.42 Å². The molecular formula is C28H27Cl2N3O5S. The number of anilines is 1. The van der Waals surface area contributed by atoms with Gasteiger partial charge in [-0.3, -0.25) is 4.79 Å². The average Bonchev–Trinajstić information content (AvgIpc) is 3.43. The summed E-state index contributed by atoms with van der Waals surface area (Å²) >= 11 is 12.6. The van der Waals surface area contributed by atoms with Crippen LogP contribution in [0.1, 0.15) is 35.4 Å². The van der Waals surface area contributed by atoms with Crippen LogP contribution < -0.4 is 14.8 Å². The standard InChI is InChI=1S/C28H27Cl2N3O5S/c1-17-13-21(22(16-31)18-6-8-19(29)9-7-18)23(30)15-24(17)32-28(34)25-5-4-12-33(25)39(35,36)27-14-20(37-2)10-11-26(27)38-3/h6-11,13-15,22,25H,4-5,12H2,1-3H3,(H,32,34)/t22-,25+/m0/s1. The van der Waals surface area contributed by atoms with Gasteiger partial charge in [-0.1, -0.05) is 41.4 Å². The van der Waals surface area contributed by atoms with Crippen LogP contribution in [0.5, 0.6) is 11.5 Å². The molecule has 11 heteroatoms. The average molecular weight is 589 g/mol. The summed E-state index contributed by atoms with van der Waals surface area (Å²) in [6.07, 6.45) is 0.877. The molecule has 0 radical (unpaired) electrons. The molecule has 3 aromatic rings. The number of methoxy groups -OCH3 is 2. The number of nitrogens with zero attached hydrogens (tertiary/aromatic N) is 2. The molecule has 1 saturated heterocycles. The van der Waals surface area contributed by atoms with Gasteiger partial charge in [0.2, 0.25) is 15.9 Å². The second-order valence-corrected chi connectivity index (χ2v) is 11.8. The number of amides is 1. The van der Waals surface area contributed by atoms with E-state index in [4.69, 9.17) is 32.7 Å². The van der Waals surface area contributed by atoms with Gasteiger partial charge in [-0.15, -0.1) is 0 Å². The van der Waals surface area contributed by atoms with Gasteiger partial charge in [0.25, 0.3) is 0 Å². The van der Waals surface area contributed by atoms with Gasteiger partial charge in [0.05, 0.1) is 26.2 Å². The van der Waals surface area contributed by atoms with E-state index in [1.165, 1.54) is 30.7 Å². The van der Waals surface area contributed by atoms with E-state index < -0.39 is 27.9 Å². The molecule has 3 aromatic carbocycles. The van der Waals surface area contributed by atoms with Gasteiger partial charge in [-0.05, 0) is 66.8 Å². The fourth-order valence-electron chi connectivity index (χ4n) is 4.66. The number of sulfonamides is 1. The molecule has 2 atom stereocenters. The summed E-state index contributed by atoms with van der Waals surface area (Å²) in [7, 11) is -1.25. The fraction of sp³-hybridized carbons (Fsp3) is 0.286. The highest BCUT2D eigenvalue weighted by molar-refractivity contribution is 7.89. The zero-order valence-corrected chi connectivity index (χ0v) is 23.9. The Bertz CT molecular complexity index is 1540. The van der Waals surface area contributed by atoms with Gasteiger partial charge < -0.3 is 14.8 Å². The Morgan fingerprint density at radius 2 is 1.82 bits per heavy atom. The van der Waals surface area contributed by atoms with Gasteiger partial charge in [-0.2, -0.15) is 9.57 Å². The molecule has 1 fully saturated rings. The van der Waals surface area contributed by atoms with Crippen molar-refractivity contribution < 1.29 is 22.7 Å². The van der Waals surface area contributed by atoms with Crippen LogP contribution in [0, 0.1) is 18.3 Å². The lowest BCUT2D eigenvalue weighted by atomic mass is 9.91. The normalized spacial score (nSPS) is 16.4. The lowest BCUT2D eigenvalue weighted by Crippen LogP contribution is -2.43. The summed E-state index contributed by atoms with van der Waals surface area (Å²) in [6.45, 7) is 1.97. The molecule has 0 unspecified atom stereocenters. The van der Waals surface area contributed by atoms with Crippen molar-refractivity contribution in [1.29, 1.82) is 5.26 Å². The number of hydrogen-bond donors (Lipinski definition) is 1. The van der Waals surface area contributed by atoms with Crippen LogP contribution in [0.3, 0.4) is 0 Å². The first-order valence-corrected chi connectivity index (χ1v) is 14.3. The predicted octanol–water partition coefficient (Wildman–Crippen LogP) is 5.77. The van der Waals surface area contributed by atoms with Gasteiger partial charge in [0.15, 0.2) is 0 Å². The largest absolute Gasteiger partial charge is 0.497 e. The molecule has 1 aliphatic heterocycles. The van der Waals surface area contributed by atoms with Crippen LogP contribution in [0.4, 0.5) is 5.69 Å². The van der Waals surface area contributed by atoms with E-state index >= 15 is 0 Å². The lowest BCUT2D eigenvalue weighted by molar-refractivity contribution is -0.119. The Balaban J connectivity index is 1.60. The third-order valence-electron chi connectivity index (χ3n) is 6.71. The van der Waals surface area contributed by atoms with Crippen molar-refractivity contribution >= 4 is 44.8 Å². The molecule has 0 spiro atoms. The van der Waals surface area contributed by atoms with Gasteiger partial charge in [0.1, 0.15) is 22.4 Å². The van der Waals surface area contributed by atoms with Crippen LogP contribution in [0.2, 0.25) is 10.0 Å². The number of ether oxygens (including phenoxy) is 2. The Morgan fingerprint density at radius 1 is 1.10 bits per heavy atom. The molecule has 4 rings (SSSR count). The van der Waals surface area contributed by atoms with Crippen LogP contribution in [0.25, 0.3) is 0 Å². The summed E-state index contributed by atoms with van der Waals surface area (Å²) < 4.78 is 38.9. The molecule has 0 saturated carbocycles. The summed E-state index contributed by atoms with van der Waals surface area (Å²) in [5, 5.41) is 13.6. The molecule has 1 N–H and O–H groups in total. The van der Waals surface area contributed by atoms with E-state index in [0.717, 1.165) is 5.56 Å². The maximum Gasteiger partial charge on any atom is 0.247 e. The number of carbonyl (C=O) groups is 1. The zero-order valence-electron chi connectivity index (χ0n) is 21.6. The molecule has 1 heterocycles. The van der Waals surface area contributed by atoms with E-state index in [1.54, 1.807) is 49.4 Å². The number of nitrogens with one attached hydrogen (secondary N) is 1. The Labute approximate surface area is 238 Å². The number of carbonyl (C=O) groups excluding carboxylic acids is 1. The van der Waals surface area contributed by atoms with E-state index in [-0.39, 0.29) is 17.2 Å². The minimum absolute atomic E-state index is 0.0719. The molecule has 0 bridgehead atoms. The number of hydrogen-bond acceptors (Lipinski definition) is 6. The summed E-state index contributed by atoms with van der Waals surface area (Å²) in [5.74, 6) is -0.590. The predicted molar refractivity (Wildman–Crippen MR) is 150 cm³/mol. The number of nitriles is 1. The molecule has 8 nitrogen and oxygen atoms in total. The van der Waals surface area contributed by atoms with E-state index in [0.29, 0.717) is 45.5 Å². The van der Waals surface area contributed by atoms with Crippen LogP contribution in [0.15, 0.2) is 59.5 Å². The van der Waals surface area contributed by atoms with Crippen molar-refractivity contribution in [3.63, 3.8) is 0 Å². The van der Waals surface area contributed by atoms with Crippen molar-refractivity contribution in [2.24, 2.45) is 0 Å². The first-order chi connectivity index (χ1) is 18.6.